The summed E-state index contributed by atoms with van der Waals surface area (Å²) in [7, 11) is 0. The molecule has 0 amide bonds. The smallest absolute Gasteiger partial charge is 0.134 e. The van der Waals surface area contributed by atoms with Gasteiger partial charge in [0.25, 0.3) is 0 Å². The highest BCUT2D eigenvalue weighted by Crippen LogP contribution is 2.16. The van der Waals surface area contributed by atoms with E-state index in [4.69, 9.17) is 11.5 Å². The van der Waals surface area contributed by atoms with Crippen LogP contribution in [0.1, 0.15) is 12.5 Å². The molecule has 0 radical (unpaired) electrons. The Balaban J connectivity index is 2.93. The lowest BCUT2D eigenvalue weighted by atomic mass is 10.1. The van der Waals surface area contributed by atoms with E-state index in [0.717, 1.165) is 5.56 Å². The lowest BCUT2D eigenvalue weighted by Gasteiger charge is -2.03. The van der Waals surface area contributed by atoms with Gasteiger partial charge in [0.15, 0.2) is 0 Å². The standard InChI is InChI=1S/C9H12N2O/c1-6(12)4-7-2-3-8(10)5-9(7)11/h2-3,5H,4,10-11H2,1H3. The normalized spacial score (nSPS) is 9.75. The molecule has 3 heteroatoms. The van der Waals surface area contributed by atoms with E-state index in [1.807, 2.05) is 0 Å². The summed E-state index contributed by atoms with van der Waals surface area (Å²) in [5.41, 5.74) is 13.2. The fourth-order valence-corrected chi connectivity index (χ4v) is 1.04. The second-order valence-corrected chi connectivity index (χ2v) is 2.84. The fraction of sp³-hybridized carbons (Fsp3) is 0.222. The molecule has 0 saturated carbocycles. The molecule has 1 aromatic rings. The molecule has 0 bridgehead atoms. The zero-order chi connectivity index (χ0) is 9.14. The molecule has 3 nitrogen and oxygen atoms in total. The molecule has 1 aromatic carbocycles. The van der Waals surface area contributed by atoms with Crippen LogP contribution in [0.15, 0.2) is 18.2 Å². The Morgan fingerprint density at radius 1 is 1.42 bits per heavy atom. The van der Waals surface area contributed by atoms with E-state index in [0.29, 0.717) is 17.8 Å². The van der Waals surface area contributed by atoms with Crippen LogP contribution in [-0.4, -0.2) is 5.78 Å². The molecule has 0 fully saturated rings. The number of nitrogen functional groups attached to an aromatic ring is 2. The highest BCUT2D eigenvalue weighted by Gasteiger charge is 2.01. The third kappa shape index (κ3) is 1.99. The average Bonchev–Trinajstić information content (AvgIpc) is 1.94. The first-order valence-corrected chi connectivity index (χ1v) is 3.73. The van der Waals surface area contributed by atoms with Crippen molar-refractivity contribution in [3.05, 3.63) is 23.8 Å². The maximum absolute atomic E-state index is 10.8. The number of benzene rings is 1. The van der Waals surface area contributed by atoms with Gasteiger partial charge in [0, 0.05) is 17.8 Å². The van der Waals surface area contributed by atoms with Crippen LogP contribution in [0, 0.1) is 0 Å². The lowest BCUT2D eigenvalue weighted by Crippen LogP contribution is -2.01. The topological polar surface area (TPSA) is 69.1 Å². The van der Waals surface area contributed by atoms with Crippen molar-refractivity contribution >= 4 is 17.2 Å². The molecular formula is C9H12N2O. The quantitative estimate of drug-likeness (QED) is 0.640. The highest BCUT2D eigenvalue weighted by atomic mass is 16.1. The Hall–Kier alpha value is -1.51. The van der Waals surface area contributed by atoms with Crippen molar-refractivity contribution in [3.8, 4) is 0 Å². The van der Waals surface area contributed by atoms with Crippen molar-refractivity contribution in [2.45, 2.75) is 13.3 Å². The first kappa shape index (κ1) is 8.59. The molecule has 12 heavy (non-hydrogen) atoms. The Morgan fingerprint density at radius 2 is 2.08 bits per heavy atom. The van der Waals surface area contributed by atoms with E-state index in [9.17, 15) is 4.79 Å². The van der Waals surface area contributed by atoms with E-state index in [-0.39, 0.29) is 5.78 Å². The predicted molar refractivity (Wildman–Crippen MR) is 49.7 cm³/mol. The second kappa shape index (κ2) is 3.26. The summed E-state index contributed by atoms with van der Waals surface area (Å²) in [5, 5.41) is 0. The highest BCUT2D eigenvalue weighted by molar-refractivity contribution is 5.80. The minimum Gasteiger partial charge on any atom is -0.399 e. The van der Waals surface area contributed by atoms with Gasteiger partial charge in [0.05, 0.1) is 0 Å². The third-order valence-electron chi connectivity index (χ3n) is 1.61. The zero-order valence-corrected chi connectivity index (χ0v) is 7.00. The lowest BCUT2D eigenvalue weighted by molar-refractivity contribution is -0.116. The average molecular weight is 164 g/mol. The summed E-state index contributed by atoms with van der Waals surface area (Å²) in [4.78, 5) is 10.8. The first-order valence-electron chi connectivity index (χ1n) is 3.73. The molecule has 0 aliphatic carbocycles. The molecule has 1 rings (SSSR count). The SMILES string of the molecule is CC(=O)Cc1ccc(N)cc1N. The van der Waals surface area contributed by atoms with E-state index in [1.54, 1.807) is 18.2 Å². The summed E-state index contributed by atoms with van der Waals surface area (Å²) in [6.45, 7) is 1.54. The van der Waals surface area contributed by atoms with Crippen LogP contribution in [0.3, 0.4) is 0 Å². The molecule has 0 aromatic heterocycles. The van der Waals surface area contributed by atoms with E-state index < -0.39 is 0 Å². The third-order valence-corrected chi connectivity index (χ3v) is 1.61. The van der Waals surface area contributed by atoms with Gasteiger partial charge in [-0.3, -0.25) is 4.79 Å². The van der Waals surface area contributed by atoms with Crippen molar-refractivity contribution in [1.29, 1.82) is 0 Å². The first-order chi connectivity index (χ1) is 5.59. The number of nitrogens with two attached hydrogens (primary N) is 2. The Kier molecular flexibility index (Phi) is 2.33. The molecule has 0 spiro atoms. The van der Waals surface area contributed by atoms with Crippen molar-refractivity contribution in [1.82, 2.24) is 0 Å². The number of ketones is 1. The number of Topliss-reactive ketones (excluding diaryl/α,β-unsaturated/α-hetero) is 1. The number of hydrogen-bond acceptors (Lipinski definition) is 3. The summed E-state index contributed by atoms with van der Waals surface area (Å²) in [6.07, 6.45) is 0.381. The molecule has 0 aliphatic heterocycles. The van der Waals surface area contributed by atoms with Crippen molar-refractivity contribution < 1.29 is 4.79 Å². The minimum atomic E-state index is 0.103. The van der Waals surface area contributed by atoms with Gasteiger partial charge < -0.3 is 11.5 Å². The summed E-state index contributed by atoms with van der Waals surface area (Å²) < 4.78 is 0. The van der Waals surface area contributed by atoms with E-state index in [1.165, 1.54) is 6.92 Å². The summed E-state index contributed by atoms with van der Waals surface area (Å²) >= 11 is 0. The van der Waals surface area contributed by atoms with Crippen molar-refractivity contribution in [2.24, 2.45) is 0 Å². The Morgan fingerprint density at radius 3 is 2.58 bits per heavy atom. The fourth-order valence-electron chi connectivity index (χ4n) is 1.04. The van der Waals surface area contributed by atoms with Crippen LogP contribution in [0.25, 0.3) is 0 Å². The van der Waals surface area contributed by atoms with Gasteiger partial charge in [0.2, 0.25) is 0 Å². The zero-order valence-electron chi connectivity index (χ0n) is 7.00. The van der Waals surface area contributed by atoms with Gasteiger partial charge in [-0.15, -0.1) is 0 Å². The van der Waals surface area contributed by atoms with Crippen LogP contribution < -0.4 is 11.5 Å². The van der Waals surface area contributed by atoms with Gasteiger partial charge >= 0.3 is 0 Å². The molecule has 0 heterocycles. The maximum Gasteiger partial charge on any atom is 0.134 e. The van der Waals surface area contributed by atoms with Gasteiger partial charge in [0.1, 0.15) is 5.78 Å². The molecule has 0 unspecified atom stereocenters. The number of hydrogen-bond donors (Lipinski definition) is 2. The van der Waals surface area contributed by atoms with Crippen molar-refractivity contribution in [2.75, 3.05) is 11.5 Å². The maximum atomic E-state index is 10.8. The molecule has 0 saturated heterocycles. The Bertz CT molecular complexity index is 307. The number of carbonyl (C=O) groups excluding carboxylic acids is 1. The van der Waals surface area contributed by atoms with Gasteiger partial charge in [-0.25, -0.2) is 0 Å². The molecule has 4 N–H and O–H groups in total. The summed E-state index contributed by atoms with van der Waals surface area (Å²) in [6, 6.07) is 5.19. The van der Waals surface area contributed by atoms with Gasteiger partial charge in [-0.2, -0.15) is 0 Å². The van der Waals surface area contributed by atoms with Crippen LogP contribution in [-0.2, 0) is 11.2 Å². The molecule has 0 atom stereocenters. The van der Waals surface area contributed by atoms with Crippen LogP contribution >= 0.6 is 0 Å². The van der Waals surface area contributed by atoms with Crippen LogP contribution in [0.2, 0.25) is 0 Å². The molecular weight excluding hydrogens is 152 g/mol. The van der Waals surface area contributed by atoms with Crippen LogP contribution in [0.5, 0.6) is 0 Å². The Labute approximate surface area is 71.4 Å². The molecule has 64 valence electrons. The predicted octanol–water partition coefficient (Wildman–Crippen LogP) is 0.983. The monoisotopic (exact) mass is 164 g/mol. The van der Waals surface area contributed by atoms with E-state index in [2.05, 4.69) is 0 Å². The minimum absolute atomic E-state index is 0.103. The van der Waals surface area contributed by atoms with Crippen LogP contribution in [0.4, 0.5) is 11.4 Å². The number of carbonyl (C=O) groups is 1. The van der Waals surface area contributed by atoms with Gasteiger partial charge in [-0.1, -0.05) is 6.07 Å². The largest absolute Gasteiger partial charge is 0.399 e. The molecule has 0 aliphatic rings. The summed E-state index contributed by atoms with van der Waals surface area (Å²) in [5.74, 6) is 0.103. The number of anilines is 2. The second-order valence-electron chi connectivity index (χ2n) is 2.84. The van der Waals surface area contributed by atoms with Gasteiger partial charge in [-0.05, 0) is 24.6 Å². The number of rotatable bonds is 2. The van der Waals surface area contributed by atoms with Crippen molar-refractivity contribution in [3.63, 3.8) is 0 Å². The van der Waals surface area contributed by atoms with E-state index >= 15 is 0 Å².